The van der Waals surface area contributed by atoms with Gasteiger partial charge < -0.3 is 19.0 Å². The van der Waals surface area contributed by atoms with Crippen LogP contribution in [0.2, 0.25) is 0 Å². The quantitative estimate of drug-likeness (QED) is 0.646. The molecule has 0 amide bonds. The van der Waals surface area contributed by atoms with Crippen LogP contribution in [0.15, 0.2) is 40.8 Å². The van der Waals surface area contributed by atoms with Crippen LogP contribution in [0, 0.1) is 6.92 Å². The Bertz CT molecular complexity index is 723. The number of rotatable bonds is 10. The van der Waals surface area contributed by atoms with Crippen molar-refractivity contribution in [2.24, 2.45) is 0 Å². The van der Waals surface area contributed by atoms with Crippen LogP contribution in [-0.2, 0) is 11.3 Å². The summed E-state index contributed by atoms with van der Waals surface area (Å²) in [7, 11) is 0. The average Bonchev–Trinajstić information content (AvgIpc) is 3.32. The van der Waals surface area contributed by atoms with Crippen LogP contribution >= 0.6 is 0 Å². The van der Waals surface area contributed by atoms with Crippen molar-refractivity contribution in [2.45, 2.75) is 38.5 Å². The molecule has 2 atom stereocenters. The number of aliphatic hydroxyl groups excluding tert-OH is 1. The molecule has 2 heterocycles. The van der Waals surface area contributed by atoms with E-state index in [0.717, 1.165) is 43.8 Å². The number of carbonyl (C=O) groups excluding carboxylic acids is 1. The number of benzene rings is 1. The van der Waals surface area contributed by atoms with Gasteiger partial charge in [0.2, 0.25) is 0 Å². The second-order valence-corrected chi connectivity index (χ2v) is 7.00. The summed E-state index contributed by atoms with van der Waals surface area (Å²) in [6, 6.07) is 10.8. The summed E-state index contributed by atoms with van der Waals surface area (Å²) >= 11 is 0. The normalized spacial score (nSPS) is 18.0. The first-order valence-electron chi connectivity index (χ1n) is 9.38. The number of aryl methyl sites for hydroxylation is 1. The number of aldehydes is 1. The van der Waals surface area contributed by atoms with E-state index >= 15 is 0 Å². The van der Waals surface area contributed by atoms with Crippen LogP contribution in [0.5, 0.6) is 5.75 Å². The minimum atomic E-state index is -0.664. The van der Waals surface area contributed by atoms with Gasteiger partial charge in [0.15, 0.2) is 0 Å². The molecule has 1 N–H and O–H groups in total. The minimum absolute atomic E-state index is 0.154. The van der Waals surface area contributed by atoms with Crippen molar-refractivity contribution in [1.29, 1.82) is 0 Å². The van der Waals surface area contributed by atoms with Crippen molar-refractivity contribution in [3.05, 3.63) is 53.5 Å². The Kier molecular flexibility index (Phi) is 7.04. The third kappa shape index (κ3) is 6.20. The van der Waals surface area contributed by atoms with E-state index in [2.05, 4.69) is 4.90 Å². The molecule has 0 spiro atoms. The highest BCUT2D eigenvalue weighted by atomic mass is 16.5. The Labute approximate surface area is 159 Å². The second-order valence-electron chi connectivity index (χ2n) is 7.00. The Hall–Kier alpha value is -2.15. The lowest BCUT2D eigenvalue weighted by molar-refractivity contribution is 0.0289. The fraction of sp³-hybridized carbons (Fsp3) is 0.476. The van der Waals surface area contributed by atoms with Crippen LogP contribution in [-0.4, -0.2) is 54.8 Å². The van der Waals surface area contributed by atoms with Crippen molar-refractivity contribution in [3.8, 4) is 5.75 Å². The van der Waals surface area contributed by atoms with Gasteiger partial charge in [-0.25, -0.2) is 0 Å². The molecule has 27 heavy (non-hydrogen) atoms. The number of furan rings is 1. The molecule has 2 unspecified atom stereocenters. The number of carbonyl (C=O) groups is 1. The molecule has 0 radical (unpaired) electrons. The Morgan fingerprint density at radius 1 is 1.37 bits per heavy atom. The topological polar surface area (TPSA) is 72.1 Å². The van der Waals surface area contributed by atoms with Gasteiger partial charge in [-0.05, 0) is 44.0 Å². The molecule has 1 aliphatic rings. The summed E-state index contributed by atoms with van der Waals surface area (Å²) in [6.07, 6.45) is 2.43. The monoisotopic (exact) mass is 373 g/mol. The Morgan fingerprint density at radius 3 is 2.96 bits per heavy atom. The molecule has 0 bridgehead atoms. The predicted octanol–water partition coefficient (Wildman–Crippen LogP) is 2.82. The summed E-state index contributed by atoms with van der Waals surface area (Å²) in [5.74, 6) is 2.32. The van der Waals surface area contributed by atoms with Gasteiger partial charge >= 0.3 is 0 Å². The van der Waals surface area contributed by atoms with E-state index in [0.29, 0.717) is 24.4 Å². The summed E-state index contributed by atoms with van der Waals surface area (Å²) in [4.78, 5) is 13.0. The highest BCUT2D eigenvalue weighted by Gasteiger charge is 2.22. The molecule has 2 aromatic rings. The third-order valence-electron chi connectivity index (χ3n) is 4.57. The molecule has 1 aromatic carbocycles. The van der Waals surface area contributed by atoms with Crippen molar-refractivity contribution < 1.29 is 23.8 Å². The lowest BCUT2D eigenvalue weighted by Gasteiger charge is -2.26. The number of nitrogens with zero attached hydrogens (tertiary/aromatic N) is 1. The predicted molar refractivity (Wildman–Crippen MR) is 101 cm³/mol. The minimum Gasteiger partial charge on any atom is -0.491 e. The molecule has 3 rings (SSSR count). The van der Waals surface area contributed by atoms with Crippen molar-refractivity contribution >= 4 is 6.29 Å². The van der Waals surface area contributed by atoms with E-state index in [1.165, 1.54) is 0 Å². The van der Waals surface area contributed by atoms with E-state index in [-0.39, 0.29) is 12.7 Å². The Balaban J connectivity index is 1.55. The van der Waals surface area contributed by atoms with Gasteiger partial charge in [-0.1, -0.05) is 12.1 Å². The smallest absolute Gasteiger partial charge is 0.150 e. The average molecular weight is 373 g/mol. The molecule has 1 fully saturated rings. The highest BCUT2D eigenvalue weighted by molar-refractivity contribution is 5.75. The molecule has 0 aliphatic carbocycles. The number of aliphatic hydroxyl groups is 1. The van der Waals surface area contributed by atoms with Crippen molar-refractivity contribution in [3.63, 3.8) is 0 Å². The zero-order valence-corrected chi connectivity index (χ0v) is 15.7. The van der Waals surface area contributed by atoms with Gasteiger partial charge in [0.25, 0.3) is 0 Å². The zero-order chi connectivity index (χ0) is 19.1. The van der Waals surface area contributed by atoms with Gasteiger partial charge in [-0.3, -0.25) is 9.69 Å². The van der Waals surface area contributed by atoms with Gasteiger partial charge in [0, 0.05) is 25.3 Å². The molecule has 1 aliphatic heterocycles. The zero-order valence-electron chi connectivity index (χ0n) is 15.7. The van der Waals surface area contributed by atoms with Gasteiger partial charge in [-0.2, -0.15) is 0 Å². The first kappa shape index (κ1) is 19.6. The molecule has 6 nitrogen and oxygen atoms in total. The maximum Gasteiger partial charge on any atom is 0.150 e. The highest BCUT2D eigenvalue weighted by Crippen LogP contribution is 2.17. The van der Waals surface area contributed by atoms with Gasteiger partial charge in [-0.15, -0.1) is 0 Å². The summed E-state index contributed by atoms with van der Waals surface area (Å²) in [6.45, 7) is 4.69. The van der Waals surface area contributed by atoms with Gasteiger partial charge in [0.1, 0.15) is 36.3 Å². The molecular weight excluding hydrogens is 346 g/mol. The van der Waals surface area contributed by atoms with E-state index in [4.69, 9.17) is 13.9 Å². The largest absolute Gasteiger partial charge is 0.491 e. The molecule has 1 aromatic heterocycles. The third-order valence-corrected chi connectivity index (χ3v) is 4.57. The van der Waals surface area contributed by atoms with Crippen molar-refractivity contribution in [2.75, 3.05) is 26.3 Å². The summed E-state index contributed by atoms with van der Waals surface area (Å²) < 4.78 is 17.1. The molecule has 0 saturated carbocycles. The maximum absolute atomic E-state index is 10.8. The molecule has 1 saturated heterocycles. The van der Waals surface area contributed by atoms with E-state index in [1.807, 2.05) is 19.1 Å². The maximum atomic E-state index is 10.8. The number of hydrogen-bond donors (Lipinski definition) is 1. The SMILES string of the molecule is Cc1ccc(CN(CC(O)COc2cccc(C=O)c2)CC2CCCO2)o1. The lowest BCUT2D eigenvalue weighted by atomic mass is 10.2. The van der Waals surface area contributed by atoms with E-state index in [1.54, 1.807) is 24.3 Å². The fourth-order valence-electron chi connectivity index (χ4n) is 3.29. The number of hydrogen-bond acceptors (Lipinski definition) is 6. The molecule has 6 heteroatoms. The van der Waals surface area contributed by atoms with Crippen LogP contribution in [0.1, 0.15) is 34.7 Å². The van der Waals surface area contributed by atoms with E-state index in [9.17, 15) is 9.90 Å². The standard InChI is InChI=1S/C21H27NO5/c1-16-7-8-21(27-16)13-22(12-20-6-3-9-25-20)11-18(24)15-26-19-5-2-4-17(10-19)14-23/h2,4-5,7-8,10,14,18,20,24H,3,6,9,11-13,15H2,1H3. The molecule has 146 valence electrons. The van der Waals surface area contributed by atoms with Crippen LogP contribution in [0.25, 0.3) is 0 Å². The van der Waals surface area contributed by atoms with Crippen LogP contribution in [0.4, 0.5) is 0 Å². The molecular formula is C21H27NO5. The fourth-order valence-corrected chi connectivity index (χ4v) is 3.29. The lowest BCUT2D eigenvalue weighted by Crippen LogP contribution is -2.39. The Morgan fingerprint density at radius 2 is 2.26 bits per heavy atom. The summed E-state index contributed by atoms with van der Waals surface area (Å²) in [5.41, 5.74) is 0.551. The van der Waals surface area contributed by atoms with Crippen LogP contribution < -0.4 is 4.74 Å². The first-order valence-corrected chi connectivity index (χ1v) is 9.38. The summed E-state index contributed by atoms with van der Waals surface area (Å²) in [5, 5.41) is 10.5. The second kappa shape index (κ2) is 9.69. The first-order chi connectivity index (χ1) is 13.1. The van der Waals surface area contributed by atoms with E-state index < -0.39 is 6.10 Å². The number of ether oxygens (including phenoxy) is 2. The van der Waals surface area contributed by atoms with Crippen LogP contribution in [0.3, 0.4) is 0 Å². The van der Waals surface area contributed by atoms with Gasteiger partial charge in [0.05, 0.1) is 12.6 Å². The van der Waals surface area contributed by atoms with Crippen molar-refractivity contribution in [1.82, 2.24) is 4.90 Å².